The van der Waals surface area contributed by atoms with Crippen molar-refractivity contribution in [3.8, 4) is 0 Å². The number of carbonyl (C=O) groups excluding carboxylic acids is 1. The van der Waals surface area contributed by atoms with Crippen molar-refractivity contribution in [1.82, 2.24) is 0 Å². The van der Waals surface area contributed by atoms with Crippen LogP contribution in [0.25, 0.3) is 0 Å². The van der Waals surface area contributed by atoms with Crippen molar-refractivity contribution in [1.29, 1.82) is 0 Å². The zero-order valence-corrected chi connectivity index (χ0v) is 7.88. The van der Waals surface area contributed by atoms with Crippen molar-refractivity contribution in [2.75, 3.05) is 0 Å². The average molecular weight is 180 g/mol. The van der Waals surface area contributed by atoms with Crippen molar-refractivity contribution < 1.29 is 9.90 Å². The van der Waals surface area contributed by atoms with E-state index in [4.69, 9.17) is 0 Å². The third-order valence-electron chi connectivity index (χ3n) is 2.34. The van der Waals surface area contributed by atoms with Crippen molar-refractivity contribution >= 4 is 5.78 Å². The molecule has 0 aromatic heterocycles. The monoisotopic (exact) mass is 180 g/mol. The summed E-state index contributed by atoms with van der Waals surface area (Å²) in [5, 5.41) is 9.47. The highest BCUT2D eigenvalue weighted by molar-refractivity contribution is 5.96. The summed E-state index contributed by atoms with van der Waals surface area (Å²) < 4.78 is 0. The number of unbranched alkanes of at least 4 members (excludes halogenated alkanes) is 1. The minimum absolute atomic E-state index is 0.132. The Morgan fingerprint density at radius 2 is 2.23 bits per heavy atom. The molecule has 13 heavy (non-hydrogen) atoms. The number of Topliss-reactive ketones (excluding diaryl/α,β-unsaturated/α-hetero) is 1. The maximum Gasteiger partial charge on any atom is 0.162 e. The Hall–Kier alpha value is -1.05. The van der Waals surface area contributed by atoms with Crippen molar-refractivity contribution in [2.45, 2.75) is 38.5 Å². The number of ketones is 1. The van der Waals surface area contributed by atoms with E-state index in [1.165, 1.54) is 0 Å². The molecule has 0 saturated carbocycles. The average Bonchev–Trinajstić information content (AvgIpc) is 2.10. The van der Waals surface area contributed by atoms with Gasteiger partial charge in [-0.05, 0) is 25.7 Å². The summed E-state index contributed by atoms with van der Waals surface area (Å²) in [6, 6.07) is 0. The molecule has 0 saturated heterocycles. The molecule has 1 N–H and O–H groups in total. The molecule has 0 amide bonds. The molecule has 2 nitrogen and oxygen atoms in total. The summed E-state index contributed by atoms with van der Waals surface area (Å²) in [6.07, 6.45) is 6.44. The van der Waals surface area contributed by atoms with Crippen LogP contribution < -0.4 is 0 Å². The van der Waals surface area contributed by atoms with Crippen molar-refractivity contribution in [3.05, 3.63) is 24.0 Å². The second-order valence-corrected chi connectivity index (χ2v) is 3.38. The largest absolute Gasteiger partial charge is 0.512 e. The summed E-state index contributed by atoms with van der Waals surface area (Å²) >= 11 is 0. The summed E-state index contributed by atoms with van der Waals surface area (Å²) in [6.45, 7) is 3.62. The van der Waals surface area contributed by atoms with Gasteiger partial charge in [-0.1, -0.05) is 6.08 Å². The van der Waals surface area contributed by atoms with E-state index in [2.05, 4.69) is 6.58 Å². The van der Waals surface area contributed by atoms with Gasteiger partial charge < -0.3 is 5.11 Å². The number of carbonyl (C=O) groups is 1. The standard InChI is InChI=1S/C11H16O2/c1-2-3-4-6-9-10(12)7-5-8-11(9)13/h2,12H,1,3-8H2. The minimum atomic E-state index is 0.132. The molecule has 72 valence electrons. The van der Waals surface area contributed by atoms with E-state index in [9.17, 15) is 9.90 Å². The number of aliphatic hydroxyl groups is 1. The van der Waals surface area contributed by atoms with Crippen LogP contribution in [0, 0.1) is 0 Å². The molecule has 1 aliphatic rings. The second-order valence-electron chi connectivity index (χ2n) is 3.38. The van der Waals surface area contributed by atoms with Crippen LogP contribution in [0.2, 0.25) is 0 Å². The molecule has 1 aliphatic carbocycles. The molecule has 0 spiro atoms. The van der Waals surface area contributed by atoms with Crippen LogP contribution in [0.3, 0.4) is 0 Å². The van der Waals surface area contributed by atoms with Gasteiger partial charge in [0.1, 0.15) is 0 Å². The van der Waals surface area contributed by atoms with Gasteiger partial charge in [0.2, 0.25) is 0 Å². The molecule has 0 aromatic rings. The summed E-state index contributed by atoms with van der Waals surface area (Å²) in [5.74, 6) is 0.452. The Kier molecular flexibility index (Phi) is 3.74. The molecule has 1 rings (SSSR count). The van der Waals surface area contributed by atoms with Gasteiger partial charge in [-0.15, -0.1) is 6.58 Å². The number of hydrogen-bond donors (Lipinski definition) is 1. The summed E-state index contributed by atoms with van der Waals surface area (Å²) in [4.78, 5) is 11.4. The van der Waals surface area contributed by atoms with Gasteiger partial charge in [0.15, 0.2) is 5.78 Å². The molecule has 0 atom stereocenters. The van der Waals surface area contributed by atoms with E-state index < -0.39 is 0 Å². The first kappa shape index (κ1) is 10.0. The van der Waals surface area contributed by atoms with Gasteiger partial charge in [0.05, 0.1) is 5.76 Å². The molecule has 0 unspecified atom stereocenters. The van der Waals surface area contributed by atoms with Crippen molar-refractivity contribution in [2.24, 2.45) is 0 Å². The minimum Gasteiger partial charge on any atom is -0.512 e. The molecule has 2 heteroatoms. The quantitative estimate of drug-likeness (QED) is 0.533. The summed E-state index contributed by atoms with van der Waals surface area (Å²) in [7, 11) is 0. The molecular weight excluding hydrogens is 164 g/mol. The lowest BCUT2D eigenvalue weighted by Gasteiger charge is -2.14. The number of aliphatic hydroxyl groups excluding tert-OH is 1. The first-order valence-electron chi connectivity index (χ1n) is 4.80. The second kappa shape index (κ2) is 4.85. The fourth-order valence-corrected chi connectivity index (χ4v) is 1.59. The summed E-state index contributed by atoms with van der Waals surface area (Å²) in [5.41, 5.74) is 0.660. The maximum atomic E-state index is 11.4. The highest BCUT2D eigenvalue weighted by Crippen LogP contribution is 2.23. The lowest BCUT2D eigenvalue weighted by Crippen LogP contribution is -2.11. The number of hydrogen-bond acceptors (Lipinski definition) is 2. The van der Waals surface area contributed by atoms with Crippen LogP contribution >= 0.6 is 0 Å². The molecular formula is C11H16O2. The molecule has 0 aliphatic heterocycles. The molecule has 0 radical (unpaired) electrons. The fourth-order valence-electron chi connectivity index (χ4n) is 1.59. The van der Waals surface area contributed by atoms with Crippen molar-refractivity contribution in [3.63, 3.8) is 0 Å². The Balaban J connectivity index is 2.53. The SMILES string of the molecule is C=CCCCC1=C(O)CCCC1=O. The maximum absolute atomic E-state index is 11.4. The van der Waals surface area contributed by atoms with Gasteiger partial charge >= 0.3 is 0 Å². The predicted molar refractivity (Wildman–Crippen MR) is 52.6 cm³/mol. The topological polar surface area (TPSA) is 37.3 Å². The van der Waals surface area contributed by atoms with Crippen LogP contribution in [0.5, 0.6) is 0 Å². The highest BCUT2D eigenvalue weighted by Gasteiger charge is 2.18. The van der Waals surface area contributed by atoms with Crippen LogP contribution in [0.4, 0.5) is 0 Å². The normalized spacial score (nSPS) is 17.7. The van der Waals surface area contributed by atoms with E-state index in [1.54, 1.807) is 0 Å². The highest BCUT2D eigenvalue weighted by atomic mass is 16.3. The fraction of sp³-hybridized carbons (Fsp3) is 0.545. The van der Waals surface area contributed by atoms with Gasteiger partial charge in [-0.25, -0.2) is 0 Å². The van der Waals surface area contributed by atoms with Gasteiger partial charge in [0, 0.05) is 18.4 Å². The van der Waals surface area contributed by atoms with E-state index >= 15 is 0 Å². The van der Waals surface area contributed by atoms with Crippen LogP contribution in [0.15, 0.2) is 24.0 Å². The first-order chi connectivity index (χ1) is 6.25. The predicted octanol–water partition coefficient (Wildman–Crippen LogP) is 2.91. The van der Waals surface area contributed by atoms with Gasteiger partial charge in [-0.2, -0.15) is 0 Å². The Morgan fingerprint density at radius 1 is 1.46 bits per heavy atom. The van der Waals surface area contributed by atoms with Crippen LogP contribution in [-0.2, 0) is 4.79 Å². The molecule has 0 heterocycles. The molecule has 0 fully saturated rings. The van der Waals surface area contributed by atoms with E-state index in [0.29, 0.717) is 30.6 Å². The van der Waals surface area contributed by atoms with Gasteiger partial charge in [0.25, 0.3) is 0 Å². The Bertz CT molecular complexity index is 238. The van der Waals surface area contributed by atoms with Crippen LogP contribution in [0.1, 0.15) is 38.5 Å². The Morgan fingerprint density at radius 3 is 2.85 bits per heavy atom. The van der Waals surface area contributed by atoms with Crippen LogP contribution in [-0.4, -0.2) is 10.9 Å². The molecule has 0 bridgehead atoms. The zero-order chi connectivity index (χ0) is 9.68. The third kappa shape index (κ3) is 2.72. The van der Waals surface area contributed by atoms with Gasteiger partial charge in [-0.3, -0.25) is 4.79 Å². The smallest absolute Gasteiger partial charge is 0.162 e. The lowest BCUT2D eigenvalue weighted by molar-refractivity contribution is -0.116. The zero-order valence-electron chi connectivity index (χ0n) is 7.88. The Labute approximate surface area is 79.0 Å². The number of allylic oxidation sites excluding steroid dienone is 3. The van der Waals surface area contributed by atoms with E-state index in [0.717, 1.165) is 19.3 Å². The lowest BCUT2D eigenvalue weighted by atomic mass is 9.93. The van der Waals surface area contributed by atoms with E-state index in [-0.39, 0.29) is 5.78 Å². The number of rotatable bonds is 4. The first-order valence-corrected chi connectivity index (χ1v) is 4.80. The van der Waals surface area contributed by atoms with E-state index in [1.807, 2.05) is 6.08 Å². The third-order valence-corrected chi connectivity index (χ3v) is 2.34. The molecule has 0 aromatic carbocycles.